The van der Waals surface area contributed by atoms with Crippen molar-refractivity contribution in [1.82, 2.24) is 5.32 Å². The van der Waals surface area contributed by atoms with Crippen molar-refractivity contribution in [3.05, 3.63) is 53.6 Å². The Morgan fingerprint density at radius 3 is 2.22 bits per heavy atom. The number of benzene rings is 2. The summed E-state index contributed by atoms with van der Waals surface area (Å²) in [5, 5.41) is 5.67. The first-order valence-electron chi connectivity index (χ1n) is 13.1. The Labute approximate surface area is 219 Å². The van der Waals surface area contributed by atoms with Crippen LogP contribution >= 0.6 is 0 Å². The van der Waals surface area contributed by atoms with E-state index in [4.69, 9.17) is 14.2 Å². The van der Waals surface area contributed by atoms with Crippen molar-refractivity contribution < 1.29 is 28.6 Å². The highest BCUT2D eigenvalue weighted by Gasteiger charge is 2.24. The quantitative estimate of drug-likeness (QED) is 0.386. The molecule has 0 spiro atoms. The maximum Gasteiger partial charge on any atom is 0.305 e. The average molecular weight is 511 g/mol. The van der Waals surface area contributed by atoms with E-state index in [0.29, 0.717) is 48.5 Å². The predicted molar refractivity (Wildman–Crippen MR) is 142 cm³/mol. The van der Waals surface area contributed by atoms with Crippen molar-refractivity contribution in [1.29, 1.82) is 0 Å². The molecule has 3 rings (SSSR count). The molecule has 0 unspecified atom stereocenters. The van der Waals surface area contributed by atoms with Gasteiger partial charge in [0, 0.05) is 30.6 Å². The molecule has 1 saturated carbocycles. The third kappa shape index (κ3) is 8.51. The second-order valence-corrected chi connectivity index (χ2v) is 9.20. The summed E-state index contributed by atoms with van der Waals surface area (Å²) in [7, 11) is 1.44. The van der Waals surface area contributed by atoms with Gasteiger partial charge < -0.3 is 24.8 Å². The molecule has 0 bridgehead atoms. The van der Waals surface area contributed by atoms with Crippen molar-refractivity contribution >= 4 is 23.5 Å². The minimum absolute atomic E-state index is 0.130. The van der Waals surface area contributed by atoms with Crippen LogP contribution in [-0.2, 0) is 14.3 Å². The van der Waals surface area contributed by atoms with E-state index >= 15 is 0 Å². The lowest BCUT2D eigenvalue weighted by Crippen LogP contribution is -2.27. The van der Waals surface area contributed by atoms with Crippen molar-refractivity contribution in [2.75, 3.05) is 32.2 Å². The van der Waals surface area contributed by atoms with Gasteiger partial charge in [0.15, 0.2) is 11.5 Å². The number of carbonyl (C=O) groups is 3. The highest BCUT2D eigenvalue weighted by atomic mass is 16.5. The minimum Gasteiger partial charge on any atom is -0.490 e. The van der Waals surface area contributed by atoms with Gasteiger partial charge in [-0.1, -0.05) is 12.1 Å². The molecule has 8 heteroatoms. The topological polar surface area (TPSA) is 103 Å². The zero-order valence-electron chi connectivity index (χ0n) is 22.0. The standard InChI is InChI=1S/C29H38N2O6/c1-4-36-25-15-12-23(19-26(25)37-5-2)29(34)30-17-16-27(32)31-24-13-10-22(11-14-24)21-8-6-20(7-9-21)18-28(33)35-3/h10-15,19-21H,4-9,16-18H2,1-3H3,(H,30,34)(H,31,32)/t20-,21-. The Morgan fingerprint density at radius 1 is 0.892 bits per heavy atom. The number of hydrogen-bond donors (Lipinski definition) is 2. The maximum absolute atomic E-state index is 12.5. The van der Waals surface area contributed by atoms with Gasteiger partial charge in [0.1, 0.15) is 0 Å². The highest BCUT2D eigenvalue weighted by Crippen LogP contribution is 2.37. The lowest BCUT2D eigenvalue weighted by molar-refractivity contribution is -0.142. The summed E-state index contributed by atoms with van der Waals surface area (Å²) in [6, 6.07) is 13.0. The van der Waals surface area contributed by atoms with Crippen LogP contribution in [0, 0.1) is 5.92 Å². The summed E-state index contributed by atoms with van der Waals surface area (Å²) in [4.78, 5) is 36.4. The molecule has 1 aliphatic rings. The van der Waals surface area contributed by atoms with Crippen LogP contribution < -0.4 is 20.1 Å². The van der Waals surface area contributed by atoms with Crippen LogP contribution in [0.2, 0.25) is 0 Å². The van der Waals surface area contributed by atoms with Crippen LogP contribution in [0.5, 0.6) is 11.5 Å². The number of anilines is 1. The molecule has 0 saturated heterocycles. The van der Waals surface area contributed by atoms with E-state index < -0.39 is 0 Å². The first-order valence-corrected chi connectivity index (χ1v) is 13.1. The Balaban J connectivity index is 1.42. The van der Waals surface area contributed by atoms with Gasteiger partial charge in [-0.2, -0.15) is 0 Å². The van der Waals surface area contributed by atoms with Crippen molar-refractivity contribution in [2.24, 2.45) is 5.92 Å². The van der Waals surface area contributed by atoms with Gasteiger partial charge in [-0.15, -0.1) is 0 Å². The normalized spacial score (nSPS) is 16.9. The number of esters is 1. The molecule has 2 amide bonds. The van der Waals surface area contributed by atoms with Crippen LogP contribution in [-0.4, -0.2) is 44.7 Å². The largest absolute Gasteiger partial charge is 0.490 e. The predicted octanol–water partition coefficient (Wildman–Crippen LogP) is 5.08. The molecule has 2 aromatic rings. The maximum atomic E-state index is 12.5. The van der Waals surface area contributed by atoms with E-state index in [1.807, 2.05) is 26.0 Å². The summed E-state index contributed by atoms with van der Waals surface area (Å²) in [5.41, 5.74) is 2.43. The van der Waals surface area contributed by atoms with E-state index in [1.54, 1.807) is 18.2 Å². The Hall–Kier alpha value is -3.55. The second-order valence-electron chi connectivity index (χ2n) is 9.20. The number of nitrogens with one attached hydrogen (secondary N) is 2. The molecule has 2 aromatic carbocycles. The van der Waals surface area contributed by atoms with E-state index in [9.17, 15) is 14.4 Å². The smallest absolute Gasteiger partial charge is 0.305 e. The van der Waals surface area contributed by atoms with Crippen LogP contribution in [0.4, 0.5) is 5.69 Å². The number of hydrogen-bond acceptors (Lipinski definition) is 6. The third-order valence-corrected chi connectivity index (χ3v) is 6.64. The number of methoxy groups -OCH3 is 1. The number of amides is 2. The van der Waals surface area contributed by atoms with Gasteiger partial charge in [0.25, 0.3) is 5.91 Å². The fourth-order valence-electron chi connectivity index (χ4n) is 4.67. The summed E-state index contributed by atoms with van der Waals surface area (Å²) < 4.78 is 15.9. The Kier molecular flexibility index (Phi) is 10.8. The summed E-state index contributed by atoms with van der Waals surface area (Å²) in [6.45, 7) is 4.94. The monoisotopic (exact) mass is 510 g/mol. The Bertz CT molecular complexity index is 1040. The van der Waals surface area contributed by atoms with Crippen LogP contribution in [0.3, 0.4) is 0 Å². The second kappa shape index (κ2) is 14.3. The molecule has 0 heterocycles. The molecular formula is C29H38N2O6. The average Bonchev–Trinajstić information content (AvgIpc) is 2.90. The van der Waals surface area contributed by atoms with Gasteiger partial charge >= 0.3 is 5.97 Å². The highest BCUT2D eigenvalue weighted by molar-refractivity contribution is 5.95. The first-order chi connectivity index (χ1) is 17.9. The fraction of sp³-hybridized carbons (Fsp3) is 0.483. The summed E-state index contributed by atoms with van der Waals surface area (Å²) in [6.07, 6.45) is 4.80. The van der Waals surface area contributed by atoms with Crippen molar-refractivity contribution in [3.8, 4) is 11.5 Å². The van der Waals surface area contributed by atoms with Crippen LogP contribution in [0.25, 0.3) is 0 Å². The fourth-order valence-corrected chi connectivity index (χ4v) is 4.67. The van der Waals surface area contributed by atoms with E-state index in [2.05, 4.69) is 22.8 Å². The molecule has 0 atom stereocenters. The minimum atomic E-state index is -0.275. The SMILES string of the molecule is CCOc1ccc(C(=O)NCCC(=O)Nc2ccc([C@H]3CC[C@H](CC(=O)OC)CC3)cc2)cc1OCC. The number of ether oxygens (including phenoxy) is 3. The molecule has 200 valence electrons. The number of carbonyl (C=O) groups excluding carboxylic acids is 3. The van der Waals surface area contributed by atoms with Crippen molar-refractivity contribution in [3.63, 3.8) is 0 Å². The molecule has 37 heavy (non-hydrogen) atoms. The lowest BCUT2D eigenvalue weighted by atomic mass is 9.77. The lowest BCUT2D eigenvalue weighted by Gasteiger charge is -2.28. The number of rotatable bonds is 12. The van der Waals surface area contributed by atoms with Gasteiger partial charge in [0.05, 0.1) is 20.3 Å². The molecule has 2 N–H and O–H groups in total. The van der Waals surface area contributed by atoms with Gasteiger partial charge in [0.2, 0.25) is 5.91 Å². The summed E-state index contributed by atoms with van der Waals surface area (Å²) in [5.74, 6) is 1.42. The van der Waals surface area contributed by atoms with E-state index in [-0.39, 0.29) is 30.7 Å². The van der Waals surface area contributed by atoms with Crippen molar-refractivity contribution in [2.45, 2.75) is 58.3 Å². The zero-order valence-corrected chi connectivity index (χ0v) is 22.0. The van der Waals surface area contributed by atoms with Gasteiger partial charge in [-0.05, 0) is 87.3 Å². The third-order valence-electron chi connectivity index (χ3n) is 6.64. The molecule has 1 fully saturated rings. The van der Waals surface area contributed by atoms with Crippen LogP contribution in [0.1, 0.15) is 74.2 Å². The van der Waals surface area contributed by atoms with E-state index in [0.717, 1.165) is 31.4 Å². The first kappa shape index (κ1) is 28.0. The molecule has 1 aliphatic carbocycles. The molecule has 0 aromatic heterocycles. The zero-order chi connectivity index (χ0) is 26.6. The molecule has 0 aliphatic heterocycles. The molecular weight excluding hydrogens is 472 g/mol. The van der Waals surface area contributed by atoms with Crippen LogP contribution in [0.15, 0.2) is 42.5 Å². The van der Waals surface area contributed by atoms with Gasteiger partial charge in [-0.3, -0.25) is 14.4 Å². The Morgan fingerprint density at radius 2 is 1.57 bits per heavy atom. The molecule has 8 nitrogen and oxygen atoms in total. The van der Waals surface area contributed by atoms with Gasteiger partial charge in [-0.25, -0.2) is 0 Å². The molecule has 0 radical (unpaired) electrons. The van der Waals surface area contributed by atoms with E-state index in [1.165, 1.54) is 12.7 Å². The summed E-state index contributed by atoms with van der Waals surface area (Å²) >= 11 is 0.